The molecule has 0 saturated carbocycles. The third kappa shape index (κ3) is 9.23. The number of carbonyl (C=O) groups is 1. The van der Waals surface area contributed by atoms with Crippen molar-refractivity contribution in [2.24, 2.45) is 4.99 Å². The van der Waals surface area contributed by atoms with Crippen LogP contribution in [0.2, 0.25) is 0 Å². The van der Waals surface area contributed by atoms with Crippen LogP contribution in [0.5, 0.6) is 0 Å². The second kappa shape index (κ2) is 13.8. The van der Waals surface area contributed by atoms with Crippen molar-refractivity contribution in [3.8, 4) is 0 Å². The van der Waals surface area contributed by atoms with Gasteiger partial charge in [0.25, 0.3) is 0 Å². The molecule has 0 aromatic heterocycles. The number of amides is 1. The van der Waals surface area contributed by atoms with Crippen LogP contribution in [0.1, 0.15) is 38.2 Å². The number of nitrogens with zero attached hydrogens (tertiary/aromatic N) is 3. The first-order chi connectivity index (χ1) is 13.1. The van der Waals surface area contributed by atoms with Crippen LogP contribution in [0.3, 0.4) is 0 Å². The number of aliphatic imine (C=N–C) groups is 1. The molecular weight excluding hydrogens is 465 g/mol. The lowest BCUT2D eigenvalue weighted by Crippen LogP contribution is -2.44. The number of rotatable bonds is 8. The highest BCUT2D eigenvalue weighted by molar-refractivity contribution is 14.0. The average molecular weight is 501 g/mol. The monoisotopic (exact) mass is 501 g/mol. The molecule has 0 aliphatic carbocycles. The van der Waals surface area contributed by atoms with Gasteiger partial charge in [-0.2, -0.15) is 0 Å². The molecule has 7 heteroatoms. The summed E-state index contributed by atoms with van der Waals surface area (Å²) in [6, 6.07) is 10.8. The maximum atomic E-state index is 11.9. The van der Waals surface area contributed by atoms with Gasteiger partial charge in [0, 0.05) is 33.2 Å². The van der Waals surface area contributed by atoms with Crippen molar-refractivity contribution in [2.75, 3.05) is 40.3 Å². The number of halogens is 1. The molecule has 158 valence electrons. The van der Waals surface area contributed by atoms with Crippen LogP contribution in [0.4, 0.5) is 0 Å². The van der Waals surface area contributed by atoms with Crippen LogP contribution < -0.4 is 10.6 Å². The predicted molar refractivity (Wildman–Crippen MR) is 127 cm³/mol. The minimum Gasteiger partial charge on any atom is -0.356 e. The van der Waals surface area contributed by atoms with E-state index in [-0.39, 0.29) is 36.4 Å². The lowest BCUT2D eigenvalue weighted by molar-refractivity contribution is -0.127. The number of piperidine rings is 1. The normalized spacial score (nSPS) is 17.5. The van der Waals surface area contributed by atoms with Crippen molar-refractivity contribution >= 4 is 35.8 Å². The smallest absolute Gasteiger partial charge is 0.241 e. The molecule has 1 saturated heterocycles. The van der Waals surface area contributed by atoms with E-state index >= 15 is 0 Å². The summed E-state index contributed by atoms with van der Waals surface area (Å²) in [7, 11) is 3.52. The van der Waals surface area contributed by atoms with Crippen molar-refractivity contribution in [1.82, 2.24) is 20.4 Å². The summed E-state index contributed by atoms with van der Waals surface area (Å²) in [5, 5.41) is 6.53. The van der Waals surface area contributed by atoms with Crippen molar-refractivity contribution in [2.45, 2.75) is 45.2 Å². The lowest BCUT2D eigenvalue weighted by Gasteiger charge is -2.33. The number of likely N-dealkylation sites (tertiary alicyclic amines) is 1. The molecule has 0 radical (unpaired) electrons. The highest BCUT2D eigenvalue weighted by Crippen LogP contribution is 2.16. The second-order valence-electron chi connectivity index (χ2n) is 7.45. The standard InChI is InChI=1S/C21H35N5O.HI/c1-18-10-7-8-14-26(18)15-9-13-22-21(24-17-20(27)25(2)3)23-16-19-11-5-4-6-12-19;/h4-6,11-12,18H,7-10,13-17H2,1-3H3,(H2,22,23,24);1H. The lowest BCUT2D eigenvalue weighted by atomic mass is 10.0. The fourth-order valence-electron chi connectivity index (χ4n) is 3.22. The molecular formula is C21H36IN5O. The van der Waals surface area contributed by atoms with Crippen LogP contribution in [-0.2, 0) is 11.3 Å². The molecule has 28 heavy (non-hydrogen) atoms. The van der Waals surface area contributed by atoms with E-state index in [9.17, 15) is 4.79 Å². The molecule has 1 unspecified atom stereocenters. The zero-order valence-electron chi connectivity index (χ0n) is 17.5. The van der Waals surface area contributed by atoms with Crippen LogP contribution in [0.15, 0.2) is 35.3 Å². The van der Waals surface area contributed by atoms with E-state index in [1.54, 1.807) is 19.0 Å². The molecule has 1 aliphatic heterocycles. The minimum absolute atomic E-state index is 0. The van der Waals surface area contributed by atoms with Gasteiger partial charge in [-0.15, -0.1) is 24.0 Å². The third-order valence-corrected chi connectivity index (χ3v) is 5.02. The van der Waals surface area contributed by atoms with Crippen molar-refractivity contribution in [1.29, 1.82) is 0 Å². The van der Waals surface area contributed by atoms with Gasteiger partial charge in [-0.1, -0.05) is 36.8 Å². The summed E-state index contributed by atoms with van der Waals surface area (Å²) < 4.78 is 0. The molecule has 1 aliphatic rings. The van der Waals surface area contributed by atoms with Gasteiger partial charge in [0.05, 0.1) is 13.1 Å². The Morgan fingerprint density at radius 3 is 2.64 bits per heavy atom. The number of carbonyl (C=O) groups excluding carboxylic acids is 1. The maximum Gasteiger partial charge on any atom is 0.241 e. The van der Waals surface area contributed by atoms with E-state index in [2.05, 4.69) is 39.6 Å². The number of hydrogen-bond acceptors (Lipinski definition) is 3. The van der Waals surface area contributed by atoms with E-state index in [4.69, 9.17) is 0 Å². The molecule has 6 nitrogen and oxygen atoms in total. The largest absolute Gasteiger partial charge is 0.356 e. The van der Waals surface area contributed by atoms with E-state index in [0.717, 1.165) is 25.1 Å². The van der Waals surface area contributed by atoms with Crippen LogP contribution in [-0.4, -0.2) is 68.0 Å². The Morgan fingerprint density at radius 2 is 1.96 bits per heavy atom. The summed E-state index contributed by atoms with van der Waals surface area (Å²) >= 11 is 0. The van der Waals surface area contributed by atoms with Crippen molar-refractivity contribution in [3.05, 3.63) is 35.9 Å². The number of nitrogens with one attached hydrogen (secondary N) is 2. The summed E-state index contributed by atoms with van der Waals surface area (Å²) in [4.78, 5) is 20.7. The van der Waals surface area contributed by atoms with E-state index in [1.165, 1.54) is 25.8 Å². The molecule has 0 bridgehead atoms. The fourth-order valence-corrected chi connectivity index (χ4v) is 3.22. The Hall–Kier alpha value is -1.35. The van der Waals surface area contributed by atoms with E-state index < -0.39 is 0 Å². The molecule has 1 heterocycles. The van der Waals surface area contributed by atoms with Gasteiger partial charge >= 0.3 is 0 Å². The molecule has 1 atom stereocenters. The van der Waals surface area contributed by atoms with Gasteiger partial charge in [-0.05, 0) is 38.3 Å². The summed E-state index contributed by atoms with van der Waals surface area (Å²) in [5.41, 5.74) is 1.15. The van der Waals surface area contributed by atoms with Gasteiger partial charge in [0.1, 0.15) is 0 Å². The van der Waals surface area contributed by atoms with Crippen LogP contribution in [0.25, 0.3) is 0 Å². The topological polar surface area (TPSA) is 60.0 Å². The van der Waals surface area contributed by atoms with Gasteiger partial charge in [-0.25, -0.2) is 4.99 Å². The van der Waals surface area contributed by atoms with E-state index in [0.29, 0.717) is 18.5 Å². The first-order valence-electron chi connectivity index (χ1n) is 10.1. The summed E-state index contributed by atoms with van der Waals surface area (Å²) in [6.07, 6.45) is 5.05. The Bertz CT molecular complexity index is 594. The highest BCUT2D eigenvalue weighted by atomic mass is 127. The molecule has 0 spiro atoms. The predicted octanol–water partition coefficient (Wildman–Crippen LogP) is 2.69. The SMILES string of the molecule is CC1CCCCN1CCCNC(=NCc1ccccc1)NCC(=O)N(C)C.I. The average Bonchev–Trinajstić information content (AvgIpc) is 2.68. The third-order valence-electron chi connectivity index (χ3n) is 5.02. The molecule has 2 rings (SSSR count). The maximum absolute atomic E-state index is 11.9. The Balaban J connectivity index is 0.00000392. The highest BCUT2D eigenvalue weighted by Gasteiger charge is 2.17. The molecule has 1 aromatic carbocycles. The first kappa shape index (κ1) is 24.7. The Morgan fingerprint density at radius 1 is 1.21 bits per heavy atom. The van der Waals surface area contributed by atoms with Gasteiger partial charge in [0.2, 0.25) is 5.91 Å². The molecule has 1 aromatic rings. The zero-order chi connectivity index (χ0) is 19.5. The second-order valence-corrected chi connectivity index (χ2v) is 7.45. The van der Waals surface area contributed by atoms with E-state index in [1.807, 2.05) is 18.2 Å². The van der Waals surface area contributed by atoms with Crippen LogP contribution in [0, 0.1) is 0 Å². The van der Waals surface area contributed by atoms with Gasteiger partial charge in [0.15, 0.2) is 5.96 Å². The van der Waals surface area contributed by atoms with Crippen molar-refractivity contribution < 1.29 is 4.79 Å². The zero-order valence-corrected chi connectivity index (χ0v) is 19.8. The summed E-state index contributed by atoms with van der Waals surface area (Å²) in [5.74, 6) is 0.729. The van der Waals surface area contributed by atoms with Crippen molar-refractivity contribution in [3.63, 3.8) is 0 Å². The number of benzene rings is 1. The quantitative estimate of drug-likeness (QED) is 0.249. The number of guanidine groups is 1. The fraction of sp³-hybridized carbons (Fsp3) is 0.619. The Kier molecular flexibility index (Phi) is 12.1. The number of hydrogen-bond donors (Lipinski definition) is 2. The van der Waals surface area contributed by atoms with Gasteiger partial charge < -0.3 is 20.4 Å². The molecule has 2 N–H and O–H groups in total. The first-order valence-corrected chi connectivity index (χ1v) is 10.1. The molecule has 1 fully saturated rings. The van der Waals surface area contributed by atoms with Gasteiger partial charge in [-0.3, -0.25) is 4.79 Å². The summed E-state index contributed by atoms with van der Waals surface area (Å²) in [6.45, 7) is 6.34. The Labute approximate surface area is 187 Å². The number of likely N-dealkylation sites (N-methyl/N-ethyl adjacent to an activating group) is 1. The molecule has 1 amide bonds. The minimum atomic E-state index is 0. The van der Waals surface area contributed by atoms with Crippen LogP contribution >= 0.6 is 24.0 Å².